The summed E-state index contributed by atoms with van der Waals surface area (Å²) in [7, 11) is 2.18. The molecule has 76 valence electrons. The molecule has 1 fully saturated rings. The molecule has 1 saturated heterocycles. The normalized spacial score (nSPS) is 28.3. The van der Waals surface area contributed by atoms with Crippen molar-refractivity contribution in [3.8, 4) is 0 Å². The van der Waals surface area contributed by atoms with Crippen molar-refractivity contribution in [3.05, 3.63) is 12.2 Å². The highest BCUT2D eigenvalue weighted by Crippen LogP contribution is 2.25. The number of likely N-dealkylation sites (N-methyl/N-ethyl adjacent to an activating group) is 1. The molecule has 2 nitrogen and oxygen atoms in total. The molecule has 1 heterocycles. The SMILES string of the molecule is C=C(C)CN(C)CC1(C)CCNC1. The number of hydrogen-bond donors (Lipinski definition) is 1. The van der Waals surface area contributed by atoms with E-state index in [4.69, 9.17) is 0 Å². The molecular formula is C11H22N2. The largest absolute Gasteiger partial charge is 0.316 e. The van der Waals surface area contributed by atoms with Crippen LogP contribution >= 0.6 is 0 Å². The fourth-order valence-electron chi connectivity index (χ4n) is 2.17. The zero-order valence-electron chi connectivity index (χ0n) is 9.19. The summed E-state index contributed by atoms with van der Waals surface area (Å²) < 4.78 is 0. The number of nitrogens with one attached hydrogen (secondary N) is 1. The van der Waals surface area contributed by atoms with Gasteiger partial charge in [0.05, 0.1) is 0 Å². The molecule has 0 aromatic rings. The minimum atomic E-state index is 0.476. The Morgan fingerprint density at radius 2 is 2.31 bits per heavy atom. The van der Waals surface area contributed by atoms with Gasteiger partial charge in [0.15, 0.2) is 0 Å². The van der Waals surface area contributed by atoms with Gasteiger partial charge in [-0.15, -0.1) is 0 Å². The molecule has 0 amide bonds. The molecule has 0 aromatic carbocycles. The van der Waals surface area contributed by atoms with Gasteiger partial charge in [0.2, 0.25) is 0 Å². The van der Waals surface area contributed by atoms with Gasteiger partial charge in [0.1, 0.15) is 0 Å². The number of rotatable bonds is 4. The highest BCUT2D eigenvalue weighted by Gasteiger charge is 2.29. The highest BCUT2D eigenvalue weighted by molar-refractivity contribution is 4.93. The topological polar surface area (TPSA) is 15.3 Å². The molecule has 2 heteroatoms. The second-order valence-electron chi connectivity index (χ2n) is 4.87. The maximum Gasteiger partial charge on any atom is 0.0184 e. The van der Waals surface area contributed by atoms with Crippen molar-refractivity contribution in [2.75, 3.05) is 33.2 Å². The third kappa shape index (κ3) is 3.49. The minimum Gasteiger partial charge on any atom is -0.316 e. The van der Waals surface area contributed by atoms with Crippen LogP contribution < -0.4 is 5.32 Å². The Balaban J connectivity index is 2.33. The van der Waals surface area contributed by atoms with Crippen molar-refractivity contribution >= 4 is 0 Å². The van der Waals surface area contributed by atoms with Crippen LogP contribution in [0.4, 0.5) is 0 Å². The number of hydrogen-bond acceptors (Lipinski definition) is 2. The molecule has 0 spiro atoms. The first-order valence-electron chi connectivity index (χ1n) is 5.05. The molecule has 0 aromatic heterocycles. The van der Waals surface area contributed by atoms with Gasteiger partial charge in [0.25, 0.3) is 0 Å². The summed E-state index contributed by atoms with van der Waals surface area (Å²) in [5, 5.41) is 3.42. The van der Waals surface area contributed by atoms with Crippen LogP contribution in [0.1, 0.15) is 20.3 Å². The van der Waals surface area contributed by atoms with E-state index in [0.717, 1.165) is 13.1 Å². The van der Waals surface area contributed by atoms with Crippen LogP contribution in [-0.2, 0) is 0 Å². The molecule has 13 heavy (non-hydrogen) atoms. The minimum absolute atomic E-state index is 0.476. The first kappa shape index (κ1) is 10.7. The van der Waals surface area contributed by atoms with Crippen molar-refractivity contribution in [2.24, 2.45) is 5.41 Å². The molecule has 0 bridgehead atoms. The van der Waals surface area contributed by atoms with Crippen LogP contribution in [0.5, 0.6) is 0 Å². The standard InChI is InChI=1S/C11H22N2/c1-10(2)7-13(4)9-11(3)5-6-12-8-11/h12H,1,5-9H2,2-4H3. The van der Waals surface area contributed by atoms with Crippen molar-refractivity contribution in [2.45, 2.75) is 20.3 Å². The summed E-state index contributed by atoms with van der Waals surface area (Å²) in [4.78, 5) is 2.37. The molecule has 1 unspecified atom stereocenters. The summed E-state index contributed by atoms with van der Waals surface area (Å²) >= 11 is 0. The summed E-state index contributed by atoms with van der Waals surface area (Å²) in [5.74, 6) is 0. The molecule has 0 radical (unpaired) electrons. The maximum absolute atomic E-state index is 3.94. The van der Waals surface area contributed by atoms with Crippen LogP contribution in [-0.4, -0.2) is 38.1 Å². The third-order valence-corrected chi connectivity index (χ3v) is 2.65. The zero-order chi connectivity index (χ0) is 9.90. The van der Waals surface area contributed by atoms with Gasteiger partial charge in [-0.1, -0.05) is 19.1 Å². The molecule has 1 aliphatic heterocycles. The van der Waals surface area contributed by atoms with Crippen molar-refractivity contribution in [1.29, 1.82) is 0 Å². The van der Waals surface area contributed by atoms with Crippen LogP contribution in [0.15, 0.2) is 12.2 Å². The summed E-state index contributed by atoms with van der Waals surface area (Å²) in [5.41, 5.74) is 1.72. The molecule has 1 rings (SSSR count). The monoisotopic (exact) mass is 182 g/mol. The fourth-order valence-corrected chi connectivity index (χ4v) is 2.17. The molecule has 1 aliphatic rings. The lowest BCUT2D eigenvalue weighted by molar-refractivity contribution is 0.221. The first-order chi connectivity index (χ1) is 6.02. The van der Waals surface area contributed by atoms with E-state index in [0.29, 0.717) is 5.41 Å². The quantitative estimate of drug-likeness (QED) is 0.663. The molecule has 1 N–H and O–H groups in total. The van der Waals surface area contributed by atoms with Crippen molar-refractivity contribution < 1.29 is 0 Å². The Kier molecular flexibility index (Phi) is 3.51. The molecule has 0 saturated carbocycles. The Labute approximate surface area is 82.0 Å². The van der Waals surface area contributed by atoms with E-state index in [-0.39, 0.29) is 0 Å². The van der Waals surface area contributed by atoms with E-state index in [1.165, 1.54) is 25.1 Å². The lowest BCUT2D eigenvalue weighted by atomic mass is 9.89. The van der Waals surface area contributed by atoms with Gasteiger partial charge < -0.3 is 10.2 Å². The predicted molar refractivity (Wildman–Crippen MR) is 57.9 cm³/mol. The average molecular weight is 182 g/mol. The fraction of sp³-hybridized carbons (Fsp3) is 0.818. The highest BCUT2D eigenvalue weighted by atomic mass is 15.1. The molecule has 1 atom stereocenters. The van der Waals surface area contributed by atoms with Gasteiger partial charge in [-0.3, -0.25) is 0 Å². The Morgan fingerprint density at radius 3 is 2.77 bits per heavy atom. The van der Waals surface area contributed by atoms with E-state index < -0.39 is 0 Å². The van der Waals surface area contributed by atoms with Gasteiger partial charge in [-0.05, 0) is 32.4 Å². The van der Waals surface area contributed by atoms with Gasteiger partial charge in [-0.2, -0.15) is 0 Å². The van der Waals surface area contributed by atoms with Crippen LogP contribution in [0, 0.1) is 5.41 Å². The first-order valence-corrected chi connectivity index (χ1v) is 5.05. The van der Waals surface area contributed by atoms with Crippen LogP contribution in [0.25, 0.3) is 0 Å². The molecule has 0 aliphatic carbocycles. The summed E-state index contributed by atoms with van der Waals surface area (Å²) in [6.45, 7) is 12.9. The van der Waals surface area contributed by atoms with Crippen molar-refractivity contribution in [1.82, 2.24) is 10.2 Å². The predicted octanol–water partition coefficient (Wildman–Crippen LogP) is 1.49. The summed E-state index contributed by atoms with van der Waals surface area (Å²) in [6.07, 6.45) is 1.30. The van der Waals surface area contributed by atoms with E-state index >= 15 is 0 Å². The van der Waals surface area contributed by atoms with Gasteiger partial charge in [0, 0.05) is 19.6 Å². The van der Waals surface area contributed by atoms with Crippen LogP contribution in [0.2, 0.25) is 0 Å². The van der Waals surface area contributed by atoms with E-state index in [2.05, 4.69) is 37.7 Å². The van der Waals surface area contributed by atoms with Crippen molar-refractivity contribution in [3.63, 3.8) is 0 Å². The average Bonchev–Trinajstić information content (AvgIpc) is 2.33. The smallest absolute Gasteiger partial charge is 0.0184 e. The Bertz CT molecular complexity index is 181. The molecular weight excluding hydrogens is 160 g/mol. The third-order valence-electron chi connectivity index (χ3n) is 2.65. The van der Waals surface area contributed by atoms with Gasteiger partial charge >= 0.3 is 0 Å². The van der Waals surface area contributed by atoms with E-state index in [9.17, 15) is 0 Å². The maximum atomic E-state index is 3.94. The Morgan fingerprint density at radius 1 is 1.62 bits per heavy atom. The number of nitrogens with zero attached hydrogens (tertiary/aromatic N) is 1. The second-order valence-corrected chi connectivity index (χ2v) is 4.87. The summed E-state index contributed by atoms with van der Waals surface area (Å²) in [6, 6.07) is 0. The zero-order valence-corrected chi connectivity index (χ0v) is 9.19. The van der Waals surface area contributed by atoms with Gasteiger partial charge in [-0.25, -0.2) is 0 Å². The van der Waals surface area contributed by atoms with E-state index in [1.54, 1.807) is 0 Å². The lowest BCUT2D eigenvalue weighted by Gasteiger charge is -2.29. The Hall–Kier alpha value is -0.340. The van der Waals surface area contributed by atoms with E-state index in [1.807, 2.05) is 0 Å². The van der Waals surface area contributed by atoms with Crippen LogP contribution in [0.3, 0.4) is 0 Å². The lowest BCUT2D eigenvalue weighted by Crippen LogP contribution is -2.35. The second kappa shape index (κ2) is 4.25.